The molecule has 5 heteroatoms. The Labute approximate surface area is 133 Å². The first-order valence-corrected chi connectivity index (χ1v) is 7.52. The number of halogens is 1. The lowest BCUT2D eigenvalue weighted by atomic mass is 10.2. The quantitative estimate of drug-likeness (QED) is 0.524. The highest BCUT2D eigenvalue weighted by Crippen LogP contribution is 2.31. The number of anilines is 1. The average Bonchev–Trinajstić information content (AvgIpc) is 2.86. The van der Waals surface area contributed by atoms with Crippen LogP contribution in [-0.4, -0.2) is 4.57 Å². The third-order valence-electron chi connectivity index (χ3n) is 3.62. The molecule has 0 spiro atoms. The van der Waals surface area contributed by atoms with E-state index in [1.807, 2.05) is 30.3 Å². The van der Waals surface area contributed by atoms with E-state index in [0.717, 1.165) is 26.6 Å². The summed E-state index contributed by atoms with van der Waals surface area (Å²) in [5.41, 5.74) is 9.21. The highest BCUT2D eigenvalue weighted by Gasteiger charge is 2.13. The van der Waals surface area contributed by atoms with Crippen LogP contribution in [0.15, 0.2) is 68.3 Å². The van der Waals surface area contributed by atoms with E-state index in [4.69, 9.17) is 10.2 Å². The lowest BCUT2D eigenvalue weighted by Gasteiger charge is -2.07. The Morgan fingerprint density at radius 3 is 2.45 bits per heavy atom. The number of nitrogens with zero attached hydrogens (tertiary/aromatic N) is 1. The topological polar surface area (TPSA) is 61.2 Å². The largest absolute Gasteiger partial charge is 0.454 e. The summed E-state index contributed by atoms with van der Waals surface area (Å²) in [6, 6.07) is 16.2. The molecule has 0 amide bonds. The zero-order valence-corrected chi connectivity index (χ0v) is 13.0. The van der Waals surface area contributed by atoms with Crippen molar-refractivity contribution in [2.75, 3.05) is 5.73 Å². The van der Waals surface area contributed by atoms with Crippen LogP contribution < -0.4 is 11.3 Å². The summed E-state index contributed by atoms with van der Waals surface area (Å²) in [5.74, 6) is 0. The first-order valence-electron chi connectivity index (χ1n) is 6.73. The zero-order chi connectivity index (χ0) is 15.3. The van der Waals surface area contributed by atoms with E-state index in [-0.39, 0.29) is 5.56 Å². The number of benzene rings is 2. The van der Waals surface area contributed by atoms with E-state index in [2.05, 4.69) is 15.9 Å². The molecule has 108 valence electrons. The number of fused-ring (bicyclic) bond motifs is 3. The second-order valence-corrected chi connectivity index (χ2v) is 5.97. The van der Waals surface area contributed by atoms with Crippen LogP contribution in [0.5, 0.6) is 0 Å². The number of hydrogen-bond acceptors (Lipinski definition) is 3. The van der Waals surface area contributed by atoms with E-state index in [1.165, 1.54) is 6.07 Å². The van der Waals surface area contributed by atoms with Crippen molar-refractivity contribution in [3.8, 4) is 5.69 Å². The van der Waals surface area contributed by atoms with Gasteiger partial charge in [-0.15, -0.1) is 0 Å². The molecule has 0 radical (unpaired) electrons. The van der Waals surface area contributed by atoms with Crippen molar-refractivity contribution in [3.63, 3.8) is 0 Å². The third kappa shape index (κ3) is 1.94. The number of rotatable bonds is 1. The molecular formula is C17H11BrN2O2. The normalized spacial score (nSPS) is 11.3. The molecule has 0 unspecified atom stereocenters. The summed E-state index contributed by atoms with van der Waals surface area (Å²) in [7, 11) is 0. The van der Waals surface area contributed by atoms with E-state index in [9.17, 15) is 4.79 Å². The Balaban J connectivity index is 2.18. The number of pyridine rings is 1. The van der Waals surface area contributed by atoms with Crippen molar-refractivity contribution in [2.45, 2.75) is 0 Å². The summed E-state index contributed by atoms with van der Waals surface area (Å²) < 4.78 is 8.42. The second-order valence-electron chi connectivity index (χ2n) is 5.05. The maximum atomic E-state index is 12.4. The molecule has 4 rings (SSSR count). The van der Waals surface area contributed by atoms with Crippen molar-refractivity contribution >= 4 is 43.7 Å². The Morgan fingerprint density at radius 2 is 1.68 bits per heavy atom. The third-order valence-corrected chi connectivity index (χ3v) is 4.12. The maximum Gasteiger partial charge on any atom is 0.255 e. The highest BCUT2D eigenvalue weighted by molar-refractivity contribution is 9.10. The molecule has 0 bridgehead atoms. The molecule has 4 aromatic rings. The van der Waals surface area contributed by atoms with Crippen LogP contribution in [0.4, 0.5) is 5.69 Å². The molecule has 0 aliphatic heterocycles. The van der Waals surface area contributed by atoms with E-state index >= 15 is 0 Å². The molecule has 0 fully saturated rings. The van der Waals surface area contributed by atoms with Crippen molar-refractivity contribution < 1.29 is 4.42 Å². The SMILES string of the molecule is Nc1ccc(-n2c(=O)ccc3oc4ccc(Br)cc4c32)cc1. The molecular weight excluding hydrogens is 344 g/mol. The monoisotopic (exact) mass is 354 g/mol. The Morgan fingerprint density at radius 1 is 0.955 bits per heavy atom. The van der Waals surface area contributed by atoms with Gasteiger partial charge >= 0.3 is 0 Å². The fourth-order valence-electron chi connectivity index (χ4n) is 2.63. The van der Waals surface area contributed by atoms with Crippen molar-refractivity contribution in [3.05, 3.63) is 69.4 Å². The van der Waals surface area contributed by atoms with Crippen LogP contribution in [0.1, 0.15) is 0 Å². The van der Waals surface area contributed by atoms with E-state index in [1.54, 1.807) is 22.8 Å². The average molecular weight is 355 g/mol. The van der Waals surface area contributed by atoms with Gasteiger partial charge in [-0.25, -0.2) is 0 Å². The number of nitrogen functional groups attached to an aromatic ring is 1. The molecule has 0 saturated heterocycles. The van der Waals surface area contributed by atoms with Gasteiger partial charge in [-0.2, -0.15) is 0 Å². The van der Waals surface area contributed by atoms with Crippen molar-refractivity contribution in [1.82, 2.24) is 4.57 Å². The Hall–Kier alpha value is -2.53. The van der Waals surface area contributed by atoms with Crippen LogP contribution in [0, 0.1) is 0 Å². The van der Waals surface area contributed by atoms with Gasteiger partial charge in [-0.05, 0) is 48.5 Å². The van der Waals surface area contributed by atoms with Gasteiger partial charge in [0.05, 0.1) is 0 Å². The minimum absolute atomic E-state index is 0.111. The predicted octanol–water partition coefficient (Wildman–Crippen LogP) is 4.08. The Kier molecular flexibility index (Phi) is 2.84. The standard InChI is InChI=1S/C17H11BrN2O2/c18-10-1-6-14-13(9-10)17-15(22-14)7-8-16(21)20(17)12-4-2-11(19)3-5-12/h1-9H,19H2. The maximum absolute atomic E-state index is 12.4. The van der Waals surface area contributed by atoms with Crippen molar-refractivity contribution in [2.24, 2.45) is 0 Å². The highest BCUT2D eigenvalue weighted by atomic mass is 79.9. The lowest BCUT2D eigenvalue weighted by Crippen LogP contribution is -2.16. The summed E-state index contributed by atoms with van der Waals surface area (Å²) in [5, 5.41) is 0.888. The molecule has 0 atom stereocenters. The van der Waals surface area contributed by atoms with E-state index < -0.39 is 0 Å². The van der Waals surface area contributed by atoms with Gasteiger partial charge in [0, 0.05) is 27.3 Å². The smallest absolute Gasteiger partial charge is 0.255 e. The Bertz CT molecular complexity index is 1060. The van der Waals surface area contributed by atoms with E-state index in [0.29, 0.717) is 11.3 Å². The number of nitrogens with two attached hydrogens (primary N) is 1. The molecule has 0 aliphatic rings. The second kappa shape index (κ2) is 4.74. The number of furan rings is 1. The molecule has 2 heterocycles. The minimum atomic E-state index is -0.111. The van der Waals surface area contributed by atoms with Crippen LogP contribution in [0.3, 0.4) is 0 Å². The van der Waals surface area contributed by atoms with Crippen LogP contribution in [-0.2, 0) is 0 Å². The molecule has 0 aliphatic carbocycles. The zero-order valence-electron chi connectivity index (χ0n) is 11.4. The fourth-order valence-corrected chi connectivity index (χ4v) is 2.99. The predicted molar refractivity (Wildman–Crippen MR) is 91.4 cm³/mol. The van der Waals surface area contributed by atoms with Gasteiger partial charge < -0.3 is 10.2 Å². The molecule has 4 nitrogen and oxygen atoms in total. The van der Waals surface area contributed by atoms with Gasteiger partial charge in [-0.1, -0.05) is 15.9 Å². The molecule has 2 N–H and O–H groups in total. The van der Waals surface area contributed by atoms with Crippen LogP contribution in [0.25, 0.3) is 27.8 Å². The van der Waals surface area contributed by atoms with Gasteiger partial charge in [0.25, 0.3) is 5.56 Å². The van der Waals surface area contributed by atoms with Crippen LogP contribution >= 0.6 is 15.9 Å². The summed E-state index contributed by atoms with van der Waals surface area (Å²) in [6.45, 7) is 0. The molecule has 2 aromatic heterocycles. The molecule has 0 saturated carbocycles. The van der Waals surface area contributed by atoms with Gasteiger partial charge in [-0.3, -0.25) is 9.36 Å². The van der Waals surface area contributed by atoms with Crippen LogP contribution in [0.2, 0.25) is 0 Å². The number of hydrogen-bond donors (Lipinski definition) is 1. The minimum Gasteiger partial charge on any atom is -0.454 e. The first-order chi connectivity index (χ1) is 10.6. The van der Waals surface area contributed by atoms with Crippen molar-refractivity contribution in [1.29, 1.82) is 0 Å². The lowest BCUT2D eigenvalue weighted by molar-refractivity contribution is 0.667. The van der Waals surface area contributed by atoms with Gasteiger partial charge in [0.2, 0.25) is 0 Å². The summed E-state index contributed by atoms with van der Waals surface area (Å²) in [6.07, 6.45) is 0. The molecule has 2 aromatic carbocycles. The fraction of sp³-hybridized carbons (Fsp3) is 0. The van der Waals surface area contributed by atoms with Gasteiger partial charge in [0.1, 0.15) is 11.1 Å². The first kappa shape index (κ1) is 13.2. The number of aromatic nitrogens is 1. The molecule has 22 heavy (non-hydrogen) atoms. The summed E-state index contributed by atoms with van der Waals surface area (Å²) in [4.78, 5) is 12.4. The summed E-state index contributed by atoms with van der Waals surface area (Å²) >= 11 is 3.47. The van der Waals surface area contributed by atoms with Gasteiger partial charge in [0.15, 0.2) is 5.58 Å².